The molecule has 0 fully saturated rings. The molecule has 2 rings (SSSR count). The van der Waals surface area contributed by atoms with E-state index in [9.17, 15) is 14.7 Å². The Morgan fingerprint density at radius 1 is 1.44 bits per heavy atom. The second kappa shape index (κ2) is 8.48. The molecule has 136 valence electrons. The Bertz CT molecular complexity index is 723. The summed E-state index contributed by atoms with van der Waals surface area (Å²) in [7, 11) is 1.42. The Labute approximate surface area is 158 Å². The van der Waals surface area contributed by atoms with Crippen molar-refractivity contribution in [1.29, 1.82) is 0 Å². The Morgan fingerprint density at radius 3 is 2.80 bits per heavy atom. The number of hydrogen-bond acceptors (Lipinski definition) is 6. The third kappa shape index (κ3) is 4.40. The van der Waals surface area contributed by atoms with E-state index in [2.05, 4.69) is 26.6 Å². The maximum atomic E-state index is 12.5. The summed E-state index contributed by atoms with van der Waals surface area (Å²) in [6.45, 7) is 1.92. The van der Waals surface area contributed by atoms with Crippen LogP contribution in [-0.4, -0.2) is 42.8 Å². The van der Waals surface area contributed by atoms with Crippen molar-refractivity contribution in [3.8, 4) is 11.5 Å². The van der Waals surface area contributed by atoms with E-state index in [0.717, 1.165) is 0 Å². The molecule has 0 saturated carbocycles. The number of nitrogens with one attached hydrogen (secondary N) is 2. The lowest BCUT2D eigenvalue weighted by Crippen LogP contribution is -2.45. The van der Waals surface area contributed by atoms with Gasteiger partial charge in [0.05, 0.1) is 23.2 Å². The molecule has 0 bridgehead atoms. The molecule has 0 saturated heterocycles. The van der Waals surface area contributed by atoms with Gasteiger partial charge < -0.3 is 25.2 Å². The summed E-state index contributed by atoms with van der Waals surface area (Å²) < 4.78 is 10.8. The number of urea groups is 1. The minimum Gasteiger partial charge on any atom is -0.503 e. The van der Waals surface area contributed by atoms with Gasteiger partial charge in [0.15, 0.2) is 11.5 Å². The lowest BCUT2D eigenvalue weighted by atomic mass is 9.95. The number of esters is 1. The van der Waals surface area contributed by atoms with E-state index < -0.39 is 18.0 Å². The van der Waals surface area contributed by atoms with Crippen LogP contribution in [0.5, 0.6) is 11.5 Å². The van der Waals surface area contributed by atoms with Gasteiger partial charge in [0.2, 0.25) is 0 Å². The Balaban J connectivity index is 2.42. The number of benzene rings is 1. The predicted molar refractivity (Wildman–Crippen MR) is 98.8 cm³/mol. The first-order valence-corrected chi connectivity index (χ1v) is 9.58. The van der Waals surface area contributed by atoms with Gasteiger partial charge in [-0.3, -0.25) is 0 Å². The second-order valence-electron chi connectivity index (χ2n) is 5.25. The highest BCUT2D eigenvalue weighted by atomic mass is 79.9. The zero-order valence-electron chi connectivity index (χ0n) is 14.0. The summed E-state index contributed by atoms with van der Waals surface area (Å²) in [6, 6.07) is 2.04. The smallest absolute Gasteiger partial charge is 0.338 e. The Kier molecular flexibility index (Phi) is 6.60. The molecule has 1 atom stereocenters. The number of hydrogen-bond donors (Lipinski definition) is 3. The van der Waals surface area contributed by atoms with Crippen LogP contribution in [-0.2, 0) is 9.53 Å². The first-order valence-electron chi connectivity index (χ1n) is 7.39. The maximum Gasteiger partial charge on any atom is 0.338 e. The number of phenolic OH excluding ortho intramolecular Hbond substituents is 1. The van der Waals surface area contributed by atoms with E-state index >= 15 is 0 Å². The van der Waals surface area contributed by atoms with Crippen molar-refractivity contribution in [2.45, 2.75) is 13.0 Å². The number of halogens is 1. The number of carbonyl (C=O) groups excluding carboxylic acids is 2. The van der Waals surface area contributed by atoms with Gasteiger partial charge in [0.1, 0.15) is 6.61 Å². The van der Waals surface area contributed by atoms with Crippen LogP contribution in [0, 0.1) is 0 Å². The number of aromatic hydroxyl groups is 1. The van der Waals surface area contributed by atoms with Crippen LogP contribution in [0.3, 0.4) is 0 Å². The number of allylic oxidation sites excluding steroid dienone is 1. The molecule has 1 aliphatic heterocycles. The topological polar surface area (TPSA) is 96.9 Å². The number of carbonyl (C=O) groups is 2. The lowest BCUT2D eigenvalue weighted by Gasteiger charge is -2.28. The third-order valence-electron chi connectivity index (χ3n) is 3.61. The van der Waals surface area contributed by atoms with Crippen LogP contribution in [0.4, 0.5) is 4.79 Å². The van der Waals surface area contributed by atoms with Gasteiger partial charge in [0, 0.05) is 11.4 Å². The molecule has 9 heteroatoms. The van der Waals surface area contributed by atoms with Gasteiger partial charge >= 0.3 is 12.0 Å². The largest absolute Gasteiger partial charge is 0.503 e. The van der Waals surface area contributed by atoms with Crippen molar-refractivity contribution in [2.75, 3.05) is 25.7 Å². The van der Waals surface area contributed by atoms with Crippen LogP contribution in [0.25, 0.3) is 0 Å². The zero-order chi connectivity index (χ0) is 18.6. The summed E-state index contributed by atoms with van der Waals surface area (Å²) in [4.78, 5) is 24.4. The van der Waals surface area contributed by atoms with Crippen LogP contribution in [0.1, 0.15) is 18.5 Å². The Morgan fingerprint density at radius 2 is 2.16 bits per heavy atom. The molecule has 0 aromatic heterocycles. The zero-order valence-corrected chi connectivity index (χ0v) is 16.4. The molecule has 0 radical (unpaired) electrons. The molecular weight excluding hydrogens is 412 g/mol. The molecule has 0 aliphatic carbocycles. The number of ether oxygens (including phenoxy) is 2. The van der Waals surface area contributed by atoms with Crippen molar-refractivity contribution >= 4 is 39.7 Å². The fourth-order valence-electron chi connectivity index (χ4n) is 2.43. The van der Waals surface area contributed by atoms with Crippen molar-refractivity contribution < 1.29 is 24.2 Å². The highest BCUT2D eigenvalue weighted by Gasteiger charge is 2.33. The Hall–Kier alpha value is -1.87. The van der Waals surface area contributed by atoms with Gasteiger partial charge in [-0.2, -0.15) is 11.8 Å². The summed E-state index contributed by atoms with van der Waals surface area (Å²) in [5.74, 6) is 0.342. The van der Waals surface area contributed by atoms with E-state index in [4.69, 9.17) is 9.47 Å². The molecule has 7 nitrogen and oxygen atoms in total. The highest BCUT2D eigenvalue weighted by Crippen LogP contribution is 2.39. The molecule has 25 heavy (non-hydrogen) atoms. The monoisotopic (exact) mass is 430 g/mol. The van der Waals surface area contributed by atoms with Crippen molar-refractivity contribution in [3.63, 3.8) is 0 Å². The average Bonchev–Trinajstić information content (AvgIpc) is 2.56. The van der Waals surface area contributed by atoms with E-state index in [-0.39, 0.29) is 18.1 Å². The molecule has 3 N–H and O–H groups in total. The standard InChI is InChI=1S/C16H19BrN2O5S/c1-8-12(15(21)24-4-5-25-3)13(19-16(22)18-8)9-6-10(17)14(20)11(7-9)23-2/h6-7,13,20H,4-5H2,1-3H3,(H2,18,19,22). The quantitative estimate of drug-likeness (QED) is 0.474. The second-order valence-corrected chi connectivity index (χ2v) is 7.09. The molecule has 1 heterocycles. The first kappa shape index (κ1) is 19.5. The van der Waals surface area contributed by atoms with E-state index in [0.29, 0.717) is 27.1 Å². The van der Waals surface area contributed by atoms with Gasteiger partial charge in [-0.05, 0) is 46.8 Å². The van der Waals surface area contributed by atoms with E-state index in [1.165, 1.54) is 7.11 Å². The minimum atomic E-state index is -0.721. The summed E-state index contributed by atoms with van der Waals surface area (Å²) in [5, 5.41) is 15.3. The van der Waals surface area contributed by atoms with Crippen molar-refractivity contribution in [3.05, 3.63) is 33.4 Å². The van der Waals surface area contributed by atoms with Crippen LogP contribution < -0.4 is 15.4 Å². The molecular formula is C16H19BrN2O5S. The minimum absolute atomic E-state index is 0.0590. The first-order chi connectivity index (χ1) is 11.9. The van der Waals surface area contributed by atoms with E-state index in [1.807, 2.05) is 6.26 Å². The molecule has 1 unspecified atom stereocenters. The number of rotatable bonds is 6. The highest BCUT2D eigenvalue weighted by molar-refractivity contribution is 9.10. The fraction of sp³-hybridized carbons (Fsp3) is 0.375. The molecule has 1 aromatic rings. The van der Waals surface area contributed by atoms with Crippen LogP contribution in [0.15, 0.2) is 27.9 Å². The summed E-state index contributed by atoms with van der Waals surface area (Å²) >= 11 is 4.82. The van der Waals surface area contributed by atoms with Crippen LogP contribution in [0.2, 0.25) is 0 Å². The SMILES string of the molecule is COc1cc(C2NC(=O)NC(C)=C2C(=O)OCCSC)cc(Br)c1O. The summed E-state index contributed by atoms with van der Waals surface area (Å²) in [6.07, 6.45) is 1.92. The molecule has 2 amide bonds. The molecule has 0 spiro atoms. The predicted octanol–water partition coefficient (Wildman–Crippen LogP) is 2.70. The number of phenols is 1. The molecule has 1 aliphatic rings. The van der Waals surface area contributed by atoms with Gasteiger partial charge in [-0.25, -0.2) is 9.59 Å². The average molecular weight is 431 g/mol. The molecule has 1 aromatic carbocycles. The van der Waals surface area contributed by atoms with Gasteiger partial charge in [-0.15, -0.1) is 0 Å². The third-order valence-corrected chi connectivity index (χ3v) is 4.79. The number of amides is 2. The van der Waals surface area contributed by atoms with Crippen molar-refractivity contribution in [2.24, 2.45) is 0 Å². The van der Waals surface area contributed by atoms with Crippen LogP contribution >= 0.6 is 27.7 Å². The fourth-order valence-corrected chi connectivity index (χ4v) is 3.14. The van der Waals surface area contributed by atoms with Crippen molar-refractivity contribution in [1.82, 2.24) is 10.6 Å². The lowest BCUT2D eigenvalue weighted by molar-refractivity contribution is -0.138. The summed E-state index contributed by atoms with van der Waals surface area (Å²) in [5.41, 5.74) is 1.30. The number of methoxy groups -OCH3 is 1. The maximum absolute atomic E-state index is 12.5. The van der Waals surface area contributed by atoms with Gasteiger partial charge in [0.25, 0.3) is 0 Å². The van der Waals surface area contributed by atoms with E-state index in [1.54, 1.807) is 30.8 Å². The number of thioether (sulfide) groups is 1. The van der Waals surface area contributed by atoms with Gasteiger partial charge in [-0.1, -0.05) is 0 Å². The normalized spacial score (nSPS) is 17.0.